The summed E-state index contributed by atoms with van der Waals surface area (Å²) in [4.78, 5) is 13.0. The first-order valence-corrected chi connectivity index (χ1v) is 4.08. The summed E-state index contributed by atoms with van der Waals surface area (Å²) in [6.07, 6.45) is 4.35. The largest absolute Gasteiger partial charge is 0.458 e. The number of carbonyl (C=O) groups excluding carboxylic acids is 1. The van der Waals surface area contributed by atoms with Crippen molar-refractivity contribution in [3.63, 3.8) is 0 Å². The van der Waals surface area contributed by atoms with Crippen LogP contribution in [0.3, 0.4) is 0 Å². The van der Waals surface area contributed by atoms with Gasteiger partial charge < -0.3 is 4.74 Å². The minimum Gasteiger partial charge on any atom is -0.458 e. The van der Waals surface area contributed by atoms with Gasteiger partial charge in [0.15, 0.2) is 0 Å². The Morgan fingerprint density at radius 1 is 1.42 bits per heavy atom. The van der Waals surface area contributed by atoms with E-state index in [2.05, 4.69) is 10.0 Å². The van der Waals surface area contributed by atoms with Crippen LogP contribution in [0, 0.1) is 0 Å². The molecule has 1 fully saturated rings. The van der Waals surface area contributed by atoms with Gasteiger partial charge in [0.2, 0.25) is 0 Å². The maximum absolute atomic E-state index is 10.7. The lowest BCUT2D eigenvalue weighted by molar-refractivity contribution is 0.0829. The van der Waals surface area contributed by atoms with E-state index < -0.39 is 6.09 Å². The maximum Gasteiger partial charge on any atom is 0.397 e. The van der Waals surface area contributed by atoms with Crippen molar-refractivity contribution in [2.24, 2.45) is 5.11 Å². The average molecular weight is 169 g/mol. The monoisotopic (exact) mass is 169 g/mol. The summed E-state index contributed by atoms with van der Waals surface area (Å²) in [5.41, 5.74) is 7.92. The van der Waals surface area contributed by atoms with E-state index in [-0.39, 0.29) is 6.10 Å². The average Bonchev–Trinajstić information content (AvgIpc) is 2.06. The minimum atomic E-state index is -0.801. The highest BCUT2D eigenvalue weighted by Gasteiger charge is 2.16. The fourth-order valence-electron chi connectivity index (χ4n) is 1.39. The Morgan fingerprint density at radius 2 is 2.08 bits per heavy atom. The molecule has 1 aliphatic rings. The summed E-state index contributed by atoms with van der Waals surface area (Å²) >= 11 is 0. The molecule has 0 saturated heterocycles. The van der Waals surface area contributed by atoms with Gasteiger partial charge in [0.1, 0.15) is 6.10 Å². The number of ether oxygens (including phenoxy) is 1. The Hall–Kier alpha value is -1.22. The van der Waals surface area contributed by atoms with Crippen LogP contribution in [0.1, 0.15) is 32.1 Å². The third-order valence-electron chi connectivity index (χ3n) is 1.95. The number of hydrogen-bond acceptors (Lipinski definition) is 2. The molecule has 0 aliphatic heterocycles. The molecule has 0 N–H and O–H groups in total. The van der Waals surface area contributed by atoms with Crippen molar-refractivity contribution in [1.29, 1.82) is 0 Å². The van der Waals surface area contributed by atoms with Crippen molar-refractivity contribution in [2.45, 2.75) is 38.2 Å². The normalized spacial score (nSPS) is 18.0. The standard InChI is InChI=1S/C7H11N3O2/c8-10-9-7(11)12-6-4-2-1-3-5-6/h6H,1-5H2. The number of azide groups is 1. The second-order valence-corrected chi connectivity index (χ2v) is 2.83. The lowest BCUT2D eigenvalue weighted by atomic mass is 9.98. The predicted molar refractivity (Wildman–Crippen MR) is 42.5 cm³/mol. The van der Waals surface area contributed by atoms with Crippen LogP contribution >= 0.6 is 0 Å². The van der Waals surface area contributed by atoms with Gasteiger partial charge in [-0.05, 0) is 31.2 Å². The van der Waals surface area contributed by atoms with Gasteiger partial charge in [0.05, 0.1) is 0 Å². The smallest absolute Gasteiger partial charge is 0.397 e. The van der Waals surface area contributed by atoms with Crippen LogP contribution < -0.4 is 0 Å². The molecule has 5 nitrogen and oxygen atoms in total. The molecule has 1 aliphatic carbocycles. The van der Waals surface area contributed by atoms with Crippen LogP contribution in [0.25, 0.3) is 10.4 Å². The molecule has 1 rings (SSSR count). The molecule has 1 amide bonds. The fraction of sp³-hybridized carbons (Fsp3) is 0.857. The summed E-state index contributed by atoms with van der Waals surface area (Å²) in [5.74, 6) is 0. The molecule has 5 heteroatoms. The summed E-state index contributed by atoms with van der Waals surface area (Å²) in [7, 11) is 0. The van der Waals surface area contributed by atoms with Crippen LogP contribution in [-0.2, 0) is 4.74 Å². The van der Waals surface area contributed by atoms with Crippen LogP contribution in [0.2, 0.25) is 0 Å². The Bertz CT molecular complexity index is 205. The molecular formula is C7H11N3O2. The fourth-order valence-corrected chi connectivity index (χ4v) is 1.39. The third-order valence-corrected chi connectivity index (χ3v) is 1.95. The van der Waals surface area contributed by atoms with Crippen molar-refractivity contribution in [2.75, 3.05) is 0 Å². The van der Waals surface area contributed by atoms with Crippen molar-refractivity contribution in [3.8, 4) is 0 Å². The summed E-state index contributed by atoms with van der Waals surface area (Å²) in [6.45, 7) is 0. The van der Waals surface area contributed by atoms with Crippen molar-refractivity contribution in [3.05, 3.63) is 10.4 Å². The molecule has 0 aromatic heterocycles. The van der Waals surface area contributed by atoms with Gasteiger partial charge in [0.25, 0.3) is 0 Å². The molecule has 66 valence electrons. The quantitative estimate of drug-likeness (QED) is 0.344. The zero-order valence-electron chi connectivity index (χ0n) is 6.77. The van der Waals surface area contributed by atoms with Gasteiger partial charge in [-0.1, -0.05) is 6.42 Å². The highest BCUT2D eigenvalue weighted by atomic mass is 16.6. The molecule has 12 heavy (non-hydrogen) atoms. The molecule has 0 radical (unpaired) electrons. The topological polar surface area (TPSA) is 75.1 Å². The highest BCUT2D eigenvalue weighted by Crippen LogP contribution is 2.20. The molecule has 0 unspecified atom stereocenters. The predicted octanol–water partition coefficient (Wildman–Crippen LogP) is 2.77. The van der Waals surface area contributed by atoms with Crippen molar-refractivity contribution in [1.82, 2.24) is 0 Å². The van der Waals surface area contributed by atoms with Gasteiger partial charge in [-0.2, -0.15) is 0 Å². The molecule has 0 spiro atoms. The van der Waals surface area contributed by atoms with E-state index in [4.69, 9.17) is 10.3 Å². The van der Waals surface area contributed by atoms with Gasteiger partial charge in [-0.25, -0.2) is 4.79 Å². The Balaban J connectivity index is 2.29. The number of rotatable bonds is 1. The van der Waals surface area contributed by atoms with Crippen LogP contribution in [0.15, 0.2) is 5.11 Å². The third kappa shape index (κ3) is 2.80. The lowest BCUT2D eigenvalue weighted by Gasteiger charge is -2.20. The molecule has 1 saturated carbocycles. The van der Waals surface area contributed by atoms with Gasteiger partial charge in [0, 0.05) is 10.0 Å². The van der Waals surface area contributed by atoms with E-state index in [0.29, 0.717) is 0 Å². The van der Waals surface area contributed by atoms with E-state index in [0.717, 1.165) is 25.7 Å². The van der Waals surface area contributed by atoms with E-state index in [9.17, 15) is 4.79 Å². The highest BCUT2D eigenvalue weighted by molar-refractivity contribution is 5.68. The second-order valence-electron chi connectivity index (χ2n) is 2.83. The molecular weight excluding hydrogens is 158 g/mol. The second kappa shape index (κ2) is 4.62. The van der Waals surface area contributed by atoms with E-state index in [1.807, 2.05) is 0 Å². The SMILES string of the molecule is [N-]=[N+]=NC(=O)OC1CCCCC1. The van der Waals surface area contributed by atoms with E-state index in [1.165, 1.54) is 6.42 Å². The Morgan fingerprint density at radius 3 is 2.67 bits per heavy atom. The van der Waals surface area contributed by atoms with E-state index >= 15 is 0 Å². The molecule has 0 heterocycles. The van der Waals surface area contributed by atoms with Gasteiger partial charge in [-0.3, -0.25) is 0 Å². The molecule has 0 atom stereocenters. The first kappa shape index (κ1) is 8.87. The molecule has 0 bridgehead atoms. The summed E-state index contributed by atoms with van der Waals surface area (Å²) in [5, 5.41) is 2.84. The molecule has 0 aromatic rings. The van der Waals surface area contributed by atoms with Gasteiger partial charge >= 0.3 is 6.09 Å². The van der Waals surface area contributed by atoms with Crippen LogP contribution in [0.5, 0.6) is 0 Å². The van der Waals surface area contributed by atoms with Crippen molar-refractivity contribution >= 4 is 6.09 Å². The molecule has 0 aromatic carbocycles. The number of hydrogen-bond donors (Lipinski definition) is 0. The minimum absolute atomic E-state index is 0.0308. The maximum atomic E-state index is 10.7. The number of amides is 1. The number of carbonyl (C=O) groups is 1. The first-order chi connectivity index (χ1) is 5.83. The summed E-state index contributed by atoms with van der Waals surface area (Å²) in [6, 6.07) is 0. The van der Waals surface area contributed by atoms with Crippen molar-refractivity contribution < 1.29 is 9.53 Å². The zero-order chi connectivity index (χ0) is 8.81. The zero-order valence-corrected chi connectivity index (χ0v) is 6.77. The number of nitrogens with zero attached hydrogens (tertiary/aromatic N) is 3. The summed E-state index contributed by atoms with van der Waals surface area (Å²) < 4.78 is 4.87. The van der Waals surface area contributed by atoms with E-state index in [1.54, 1.807) is 0 Å². The van der Waals surface area contributed by atoms with Crippen LogP contribution in [-0.4, -0.2) is 12.2 Å². The Labute approximate surface area is 70.3 Å². The Kier molecular flexibility index (Phi) is 3.41. The lowest BCUT2D eigenvalue weighted by Crippen LogP contribution is -2.18. The first-order valence-electron chi connectivity index (χ1n) is 4.08. The van der Waals surface area contributed by atoms with Crippen LogP contribution in [0.4, 0.5) is 4.79 Å². The van der Waals surface area contributed by atoms with Gasteiger partial charge in [-0.15, -0.1) is 0 Å².